The zero-order valence-corrected chi connectivity index (χ0v) is 13.9. The fraction of sp³-hybridized carbons (Fsp3) is 0.263. The number of para-hydroxylation sites is 1. The molecule has 2 aromatic carbocycles. The van der Waals surface area contributed by atoms with Crippen LogP contribution in [0.1, 0.15) is 35.4 Å². The molecule has 0 aromatic heterocycles. The van der Waals surface area contributed by atoms with Gasteiger partial charge in [0.05, 0.1) is 11.3 Å². The monoisotopic (exact) mass is 326 g/mol. The van der Waals surface area contributed by atoms with Gasteiger partial charge in [-0.2, -0.15) is 0 Å². The largest absolute Gasteiger partial charge is 0.367 e. The Morgan fingerprint density at radius 3 is 2.38 bits per heavy atom. The quantitative estimate of drug-likeness (QED) is 0.821. The summed E-state index contributed by atoms with van der Waals surface area (Å²) >= 11 is 0. The first-order valence-corrected chi connectivity index (χ1v) is 7.93. The standard InChI is InChI=1S/C19H22N2O3/c1-3-13-20-18(22)15-11-7-8-12-16(15)21-19(23)17(24-2)14-9-5-4-6-10-14/h4-12,17H,3,13H2,1-2H3,(H,20,22)(H,21,23)/t17-/m0/s1. The Balaban J connectivity index is 2.18. The summed E-state index contributed by atoms with van der Waals surface area (Å²) < 4.78 is 5.32. The van der Waals surface area contributed by atoms with Crippen LogP contribution in [0, 0.1) is 0 Å². The van der Waals surface area contributed by atoms with Crippen LogP contribution in [0.5, 0.6) is 0 Å². The Hall–Kier alpha value is -2.66. The second-order valence-electron chi connectivity index (χ2n) is 5.32. The van der Waals surface area contributed by atoms with Crippen LogP contribution in [0.3, 0.4) is 0 Å². The molecule has 0 saturated heterocycles. The summed E-state index contributed by atoms with van der Waals surface area (Å²) in [5.74, 6) is -0.527. The fourth-order valence-corrected chi connectivity index (χ4v) is 2.34. The number of anilines is 1. The molecule has 5 heteroatoms. The minimum atomic E-state index is -0.738. The maximum atomic E-state index is 12.6. The van der Waals surface area contributed by atoms with Crippen molar-refractivity contribution >= 4 is 17.5 Å². The van der Waals surface area contributed by atoms with Crippen molar-refractivity contribution in [1.29, 1.82) is 0 Å². The predicted octanol–water partition coefficient (Wildman–Crippen LogP) is 3.15. The fourth-order valence-electron chi connectivity index (χ4n) is 2.34. The van der Waals surface area contributed by atoms with Gasteiger partial charge in [-0.1, -0.05) is 49.4 Å². The first-order chi connectivity index (χ1) is 11.7. The topological polar surface area (TPSA) is 67.4 Å². The molecule has 0 aliphatic heterocycles. The molecule has 0 fully saturated rings. The Kier molecular flexibility index (Phi) is 6.51. The van der Waals surface area contributed by atoms with Gasteiger partial charge in [0.15, 0.2) is 6.10 Å². The molecule has 0 aliphatic rings. The van der Waals surface area contributed by atoms with E-state index in [1.165, 1.54) is 7.11 Å². The molecule has 2 N–H and O–H groups in total. The van der Waals surface area contributed by atoms with E-state index in [-0.39, 0.29) is 11.8 Å². The van der Waals surface area contributed by atoms with Crippen molar-refractivity contribution in [2.45, 2.75) is 19.4 Å². The summed E-state index contributed by atoms with van der Waals surface area (Å²) in [7, 11) is 1.48. The van der Waals surface area contributed by atoms with Gasteiger partial charge in [-0.05, 0) is 24.1 Å². The maximum absolute atomic E-state index is 12.6. The summed E-state index contributed by atoms with van der Waals surface area (Å²) in [6.07, 6.45) is 0.109. The van der Waals surface area contributed by atoms with Crippen LogP contribution in [0.15, 0.2) is 54.6 Å². The van der Waals surface area contributed by atoms with Crippen LogP contribution in [0.2, 0.25) is 0 Å². The number of amides is 2. The third-order valence-corrected chi connectivity index (χ3v) is 3.54. The van der Waals surface area contributed by atoms with Crippen molar-refractivity contribution in [3.05, 3.63) is 65.7 Å². The van der Waals surface area contributed by atoms with E-state index in [2.05, 4.69) is 10.6 Å². The summed E-state index contributed by atoms with van der Waals surface area (Å²) in [4.78, 5) is 24.8. The number of hydrogen-bond acceptors (Lipinski definition) is 3. The van der Waals surface area contributed by atoms with Crippen molar-refractivity contribution < 1.29 is 14.3 Å². The van der Waals surface area contributed by atoms with Gasteiger partial charge in [0, 0.05) is 13.7 Å². The van der Waals surface area contributed by atoms with Crippen LogP contribution >= 0.6 is 0 Å². The van der Waals surface area contributed by atoms with E-state index < -0.39 is 6.10 Å². The van der Waals surface area contributed by atoms with Crippen molar-refractivity contribution in [2.75, 3.05) is 19.0 Å². The van der Waals surface area contributed by atoms with E-state index in [1.807, 2.05) is 37.3 Å². The van der Waals surface area contributed by atoms with Crippen LogP contribution in [-0.4, -0.2) is 25.5 Å². The van der Waals surface area contributed by atoms with Crippen LogP contribution in [0.25, 0.3) is 0 Å². The molecule has 0 unspecified atom stereocenters. The number of nitrogens with one attached hydrogen (secondary N) is 2. The van der Waals surface area contributed by atoms with Crippen molar-refractivity contribution in [3.63, 3.8) is 0 Å². The van der Waals surface area contributed by atoms with Crippen molar-refractivity contribution in [3.8, 4) is 0 Å². The zero-order valence-electron chi connectivity index (χ0n) is 13.9. The first-order valence-electron chi connectivity index (χ1n) is 7.93. The van der Waals surface area contributed by atoms with Gasteiger partial charge in [0.1, 0.15) is 0 Å². The number of hydrogen-bond donors (Lipinski definition) is 2. The lowest BCUT2D eigenvalue weighted by molar-refractivity contribution is -0.126. The van der Waals surface area contributed by atoms with E-state index in [0.717, 1.165) is 12.0 Å². The number of benzene rings is 2. The van der Waals surface area contributed by atoms with Gasteiger partial charge in [-0.3, -0.25) is 9.59 Å². The summed E-state index contributed by atoms with van der Waals surface area (Å²) in [5.41, 5.74) is 1.65. The highest BCUT2D eigenvalue weighted by molar-refractivity contribution is 6.04. The zero-order chi connectivity index (χ0) is 17.4. The Labute approximate surface area is 142 Å². The molecule has 0 spiro atoms. The Morgan fingerprint density at radius 2 is 1.71 bits per heavy atom. The van der Waals surface area contributed by atoms with E-state index in [1.54, 1.807) is 24.3 Å². The third-order valence-electron chi connectivity index (χ3n) is 3.54. The van der Waals surface area contributed by atoms with Crippen LogP contribution in [0.4, 0.5) is 5.69 Å². The van der Waals surface area contributed by atoms with Crippen molar-refractivity contribution in [1.82, 2.24) is 5.32 Å². The molecule has 0 bridgehead atoms. The lowest BCUT2D eigenvalue weighted by Crippen LogP contribution is -2.27. The molecule has 1 atom stereocenters. The number of rotatable bonds is 7. The lowest BCUT2D eigenvalue weighted by atomic mass is 10.1. The minimum absolute atomic E-state index is 0.207. The molecular formula is C19H22N2O3. The summed E-state index contributed by atoms with van der Waals surface area (Å²) in [6, 6.07) is 16.2. The maximum Gasteiger partial charge on any atom is 0.258 e. The van der Waals surface area contributed by atoms with Gasteiger partial charge < -0.3 is 15.4 Å². The molecule has 2 aromatic rings. The molecule has 0 saturated carbocycles. The molecule has 2 amide bonds. The SMILES string of the molecule is CCCNC(=O)c1ccccc1NC(=O)[C@@H](OC)c1ccccc1. The molecule has 126 valence electrons. The third kappa shape index (κ3) is 4.43. The molecule has 0 aliphatic carbocycles. The van der Waals surface area contributed by atoms with Gasteiger partial charge in [-0.15, -0.1) is 0 Å². The van der Waals surface area contributed by atoms with Gasteiger partial charge in [-0.25, -0.2) is 0 Å². The second kappa shape index (κ2) is 8.84. The Bertz CT molecular complexity index is 686. The number of ether oxygens (including phenoxy) is 1. The summed E-state index contributed by atoms with van der Waals surface area (Å²) in [6.45, 7) is 2.57. The molecule has 0 radical (unpaired) electrons. The number of methoxy groups -OCH3 is 1. The van der Waals surface area contributed by atoms with E-state index in [9.17, 15) is 9.59 Å². The lowest BCUT2D eigenvalue weighted by Gasteiger charge is -2.17. The van der Waals surface area contributed by atoms with Crippen molar-refractivity contribution in [2.24, 2.45) is 0 Å². The van der Waals surface area contributed by atoms with Crippen LogP contribution in [-0.2, 0) is 9.53 Å². The Morgan fingerprint density at radius 1 is 1.04 bits per heavy atom. The van der Waals surface area contributed by atoms with Gasteiger partial charge in [0.2, 0.25) is 0 Å². The normalized spacial score (nSPS) is 11.6. The average Bonchev–Trinajstić information content (AvgIpc) is 2.61. The number of carbonyl (C=O) groups excluding carboxylic acids is 2. The van der Waals surface area contributed by atoms with E-state index >= 15 is 0 Å². The van der Waals surface area contributed by atoms with E-state index in [0.29, 0.717) is 17.8 Å². The molecule has 5 nitrogen and oxygen atoms in total. The molecule has 24 heavy (non-hydrogen) atoms. The van der Waals surface area contributed by atoms with Gasteiger partial charge >= 0.3 is 0 Å². The van der Waals surface area contributed by atoms with E-state index in [4.69, 9.17) is 4.74 Å². The highest BCUT2D eigenvalue weighted by atomic mass is 16.5. The molecular weight excluding hydrogens is 304 g/mol. The predicted molar refractivity (Wildman–Crippen MR) is 93.9 cm³/mol. The molecule has 2 rings (SSSR count). The van der Waals surface area contributed by atoms with Gasteiger partial charge in [0.25, 0.3) is 11.8 Å². The highest BCUT2D eigenvalue weighted by Crippen LogP contribution is 2.21. The molecule has 0 heterocycles. The minimum Gasteiger partial charge on any atom is -0.367 e. The smallest absolute Gasteiger partial charge is 0.258 e. The first kappa shape index (κ1) is 17.7. The van der Waals surface area contributed by atoms with Crippen LogP contribution < -0.4 is 10.6 Å². The average molecular weight is 326 g/mol. The highest BCUT2D eigenvalue weighted by Gasteiger charge is 2.21. The second-order valence-corrected chi connectivity index (χ2v) is 5.32. The summed E-state index contributed by atoms with van der Waals surface area (Å²) in [5, 5.41) is 5.61. The number of carbonyl (C=O) groups is 2.